The van der Waals surface area contributed by atoms with Crippen LogP contribution in [0.4, 0.5) is 19.0 Å². The topological polar surface area (TPSA) is 53.1 Å². The lowest BCUT2D eigenvalue weighted by Gasteiger charge is -2.15. The highest BCUT2D eigenvalue weighted by molar-refractivity contribution is 5.35. The molecule has 0 spiro atoms. The second kappa shape index (κ2) is 5.67. The summed E-state index contributed by atoms with van der Waals surface area (Å²) in [5.41, 5.74) is 4.81. The summed E-state index contributed by atoms with van der Waals surface area (Å²) in [6.07, 6.45) is -2.82. The van der Waals surface area contributed by atoms with Crippen molar-refractivity contribution in [1.82, 2.24) is 9.55 Å². The maximum atomic E-state index is 12.9. The fourth-order valence-corrected chi connectivity index (χ4v) is 1.98. The zero-order valence-electron chi connectivity index (χ0n) is 11.7. The standard InChI is InChI=1S/C14H16F3N3O/c1-9(2)20-7-12(18)19-13(20)8-21-11-6-4-3-5-10(11)14(15,16)17/h3-7,9H,8,18H2,1-2H3. The Morgan fingerprint density at radius 3 is 2.57 bits per heavy atom. The molecule has 0 fully saturated rings. The number of hydrogen-bond acceptors (Lipinski definition) is 3. The Balaban J connectivity index is 2.22. The molecule has 1 aromatic carbocycles. The smallest absolute Gasteiger partial charge is 0.419 e. The summed E-state index contributed by atoms with van der Waals surface area (Å²) in [6.45, 7) is 3.77. The highest BCUT2D eigenvalue weighted by atomic mass is 19.4. The highest BCUT2D eigenvalue weighted by Gasteiger charge is 2.34. The molecule has 4 nitrogen and oxygen atoms in total. The van der Waals surface area contributed by atoms with E-state index in [1.165, 1.54) is 18.2 Å². The summed E-state index contributed by atoms with van der Waals surface area (Å²) < 4.78 is 45.7. The van der Waals surface area contributed by atoms with Crippen LogP contribution < -0.4 is 10.5 Å². The first-order chi connectivity index (χ1) is 9.79. The van der Waals surface area contributed by atoms with Gasteiger partial charge in [-0.3, -0.25) is 0 Å². The summed E-state index contributed by atoms with van der Waals surface area (Å²) in [5.74, 6) is 0.577. The molecule has 0 radical (unpaired) electrons. The van der Waals surface area contributed by atoms with Crippen LogP contribution >= 0.6 is 0 Å². The van der Waals surface area contributed by atoms with Crippen LogP contribution in [0.15, 0.2) is 30.5 Å². The summed E-state index contributed by atoms with van der Waals surface area (Å²) in [7, 11) is 0. The van der Waals surface area contributed by atoms with Crippen molar-refractivity contribution in [3.05, 3.63) is 41.9 Å². The number of halogens is 3. The Labute approximate surface area is 120 Å². The van der Waals surface area contributed by atoms with Gasteiger partial charge in [0, 0.05) is 12.2 Å². The van der Waals surface area contributed by atoms with Crippen molar-refractivity contribution in [1.29, 1.82) is 0 Å². The van der Waals surface area contributed by atoms with E-state index in [-0.39, 0.29) is 18.4 Å². The number of hydrogen-bond donors (Lipinski definition) is 1. The molecule has 1 heterocycles. The molecule has 0 aliphatic carbocycles. The van der Waals surface area contributed by atoms with E-state index < -0.39 is 11.7 Å². The Bertz CT molecular complexity index is 620. The fraction of sp³-hybridized carbons (Fsp3) is 0.357. The van der Waals surface area contributed by atoms with Gasteiger partial charge in [0.2, 0.25) is 0 Å². The molecule has 2 aromatic rings. The Morgan fingerprint density at radius 2 is 1.95 bits per heavy atom. The number of para-hydroxylation sites is 1. The molecule has 114 valence electrons. The van der Waals surface area contributed by atoms with E-state index in [1.54, 1.807) is 10.8 Å². The van der Waals surface area contributed by atoms with Gasteiger partial charge < -0.3 is 15.0 Å². The van der Waals surface area contributed by atoms with Crippen LogP contribution in [0, 0.1) is 0 Å². The molecule has 2 rings (SSSR count). The molecule has 0 unspecified atom stereocenters. The molecule has 0 saturated heterocycles. The minimum Gasteiger partial charge on any atom is -0.485 e. The lowest BCUT2D eigenvalue weighted by molar-refractivity contribution is -0.139. The van der Waals surface area contributed by atoms with Gasteiger partial charge in [-0.25, -0.2) is 4.98 Å². The van der Waals surface area contributed by atoms with Crippen molar-refractivity contribution in [2.24, 2.45) is 0 Å². The van der Waals surface area contributed by atoms with Crippen LogP contribution in [0.2, 0.25) is 0 Å². The third-order valence-corrected chi connectivity index (χ3v) is 2.93. The molecule has 0 aliphatic heterocycles. The number of nitrogen functional groups attached to an aromatic ring is 1. The summed E-state index contributed by atoms with van der Waals surface area (Å²) in [5, 5.41) is 0. The minimum absolute atomic E-state index is 0.0809. The van der Waals surface area contributed by atoms with Gasteiger partial charge in [-0.1, -0.05) is 12.1 Å². The largest absolute Gasteiger partial charge is 0.485 e. The van der Waals surface area contributed by atoms with Crippen LogP contribution in [0.1, 0.15) is 31.3 Å². The van der Waals surface area contributed by atoms with Crippen LogP contribution in [0.3, 0.4) is 0 Å². The van der Waals surface area contributed by atoms with Gasteiger partial charge in [0.05, 0.1) is 5.56 Å². The summed E-state index contributed by atoms with van der Waals surface area (Å²) >= 11 is 0. The van der Waals surface area contributed by atoms with E-state index in [0.717, 1.165) is 6.07 Å². The van der Waals surface area contributed by atoms with E-state index >= 15 is 0 Å². The lowest BCUT2D eigenvalue weighted by Crippen LogP contribution is -2.11. The number of benzene rings is 1. The van der Waals surface area contributed by atoms with Gasteiger partial charge >= 0.3 is 6.18 Å². The normalized spacial score (nSPS) is 11.9. The predicted octanol–water partition coefficient (Wildman–Crippen LogP) is 3.64. The average Bonchev–Trinajstić information content (AvgIpc) is 2.77. The number of anilines is 1. The van der Waals surface area contributed by atoms with Crippen molar-refractivity contribution in [3.8, 4) is 5.75 Å². The van der Waals surface area contributed by atoms with Gasteiger partial charge in [0.15, 0.2) is 0 Å². The van der Waals surface area contributed by atoms with Crippen molar-refractivity contribution in [3.63, 3.8) is 0 Å². The van der Waals surface area contributed by atoms with E-state index in [9.17, 15) is 13.2 Å². The SMILES string of the molecule is CC(C)n1cc(N)nc1COc1ccccc1C(F)(F)F. The van der Waals surface area contributed by atoms with Gasteiger partial charge in [0.25, 0.3) is 0 Å². The number of nitrogens with zero attached hydrogens (tertiary/aromatic N) is 2. The monoisotopic (exact) mass is 299 g/mol. The number of nitrogens with two attached hydrogens (primary N) is 1. The number of aromatic nitrogens is 2. The Morgan fingerprint density at radius 1 is 1.29 bits per heavy atom. The van der Waals surface area contributed by atoms with Gasteiger partial charge in [-0.15, -0.1) is 0 Å². The predicted molar refractivity (Wildman–Crippen MR) is 72.8 cm³/mol. The molecule has 0 saturated carbocycles. The minimum atomic E-state index is -4.46. The van der Waals surface area contributed by atoms with Gasteiger partial charge in [-0.05, 0) is 26.0 Å². The zero-order chi connectivity index (χ0) is 15.6. The number of imidazole rings is 1. The number of rotatable bonds is 4. The molecule has 2 N–H and O–H groups in total. The van der Waals surface area contributed by atoms with Crippen molar-refractivity contribution < 1.29 is 17.9 Å². The van der Waals surface area contributed by atoms with Gasteiger partial charge in [0.1, 0.15) is 24.0 Å². The zero-order valence-corrected chi connectivity index (χ0v) is 11.7. The lowest BCUT2D eigenvalue weighted by atomic mass is 10.2. The summed E-state index contributed by atoms with van der Waals surface area (Å²) in [6, 6.07) is 5.18. The van der Waals surface area contributed by atoms with Crippen molar-refractivity contribution in [2.45, 2.75) is 32.7 Å². The van der Waals surface area contributed by atoms with Crippen LogP contribution in [0.25, 0.3) is 0 Å². The highest BCUT2D eigenvalue weighted by Crippen LogP contribution is 2.36. The van der Waals surface area contributed by atoms with E-state index in [1.807, 2.05) is 13.8 Å². The Hall–Kier alpha value is -2.18. The second-order valence-electron chi connectivity index (χ2n) is 4.87. The molecule has 7 heteroatoms. The van der Waals surface area contributed by atoms with Crippen LogP contribution in [0.5, 0.6) is 5.75 Å². The van der Waals surface area contributed by atoms with Crippen molar-refractivity contribution in [2.75, 3.05) is 5.73 Å². The average molecular weight is 299 g/mol. The molecular formula is C14H16F3N3O. The Kier molecular flexibility index (Phi) is 4.11. The molecular weight excluding hydrogens is 283 g/mol. The fourth-order valence-electron chi connectivity index (χ4n) is 1.98. The first-order valence-electron chi connectivity index (χ1n) is 6.41. The van der Waals surface area contributed by atoms with Gasteiger partial charge in [-0.2, -0.15) is 13.2 Å². The molecule has 1 aromatic heterocycles. The number of ether oxygens (including phenoxy) is 1. The van der Waals surface area contributed by atoms with Crippen LogP contribution in [-0.2, 0) is 12.8 Å². The first-order valence-corrected chi connectivity index (χ1v) is 6.41. The van der Waals surface area contributed by atoms with E-state index in [4.69, 9.17) is 10.5 Å². The quantitative estimate of drug-likeness (QED) is 0.937. The first kappa shape index (κ1) is 15.2. The third-order valence-electron chi connectivity index (χ3n) is 2.93. The maximum absolute atomic E-state index is 12.9. The van der Waals surface area contributed by atoms with Crippen molar-refractivity contribution >= 4 is 5.82 Å². The van der Waals surface area contributed by atoms with E-state index in [0.29, 0.717) is 11.6 Å². The molecule has 0 aliphatic rings. The van der Waals surface area contributed by atoms with Crippen LogP contribution in [-0.4, -0.2) is 9.55 Å². The summed E-state index contributed by atoms with van der Waals surface area (Å²) in [4.78, 5) is 4.07. The number of alkyl halides is 3. The van der Waals surface area contributed by atoms with E-state index in [2.05, 4.69) is 4.98 Å². The third kappa shape index (κ3) is 3.48. The molecule has 0 atom stereocenters. The maximum Gasteiger partial charge on any atom is 0.419 e. The molecule has 0 amide bonds. The molecule has 21 heavy (non-hydrogen) atoms. The molecule has 0 bridgehead atoms. The second-order valence-corrected chi connectivity index (χ2v) is 4.87.